The van der Waals surface area contributed by atoms with E-state index in [0.29, 0.717) is 0 Å². The first-order chi connectivity index (χ1) is 4.94. The van der Waals surface area contributed by atoms with E-state index in [9.17, 15) is 9.18 Å². The number of alkyl halides is 1. The zero-order valence-electron chi connectivity index (χ0n) is 8.36. The van der Waals surface area contributed by atoms with Gasteiger partial charge in [-0.1, -0.05) is 27.7 Å². The smallest absolute Gasteiger partial charge is 0.254 e. The number of hydrogen-bond donors (Lipinski definition) is 1. The van der Waals surface area contributed by atoms with Crippen molar-refractivity contribution in [2.75, 3.05) is 0 Å². The molecule has 0 radical (unpaired) electrons. The van der Waals surface area contributed by atoms with Crippen molar-refractivity contribution in [3.8, 4) is 0 Å². The molecule has 0 aromatic carbocycles. The summed E-state index contributed by atoms with van der Waals surface area (Å²) < 4.78 is 12.0. The molecule has 2 nitrogen and oxygen atoms in total. The molecule has 3 heteroatoms. The minimum atomic E-state index is -1.86. The fourth-order valence-corrected chi connectivity index (χ4v) is 0. The van der Waals surface area contributed by atoms with E-state index in [0.717, 1.165) is 13.8 Å². The van der Waals surface area contributed by atoms with Crippen molar-refractivity contribution >= 4 is 5.91 Å². The molecule has 2 N–H and O–H groups in total. The highest BCUT2D eigenvalue weighted by atomic mass is 19.1. The summed E-state index contributed by atoms with van der Waals surface area (Å²) in [5.74, 6) is -0.924. The Hall–Kier alpha value is -0.600. The van der Waals surface area contributed by atoms with Gasteiger partial charge in [0.1, 0.15) is 0 Å². The van der Waals surface area contributed by atoms with Gasteiger partial charge in [0.15, 0.2) is 5.67 Å². The van der Waals surface area contributed by atoms with Gasteiger partial charge in [0.05, 0.1) is 0 Å². The number of primary amides is 1. The molecular weight excluding hydrogens is 145 g/mol. The zero-order chi connectivity index (χ0) is 10.1. The fourth-order valence-electron chi connectivity index (χ4n) is 0. The molecule has 0 spiro atoms. The van der Waals surface area contributed by atoms with Crippen molar-refractivity contribution in [1.82, 2.24) is 0 Å². The third kappa shape index (κ3) is 17.7. The summed E-state index contributed by atoms with van der Waals surface area (Å²) in [6.45, 7) is 10.2. The summed E-state index contributed by atoms with van der Waals surface area (Å²) in [6, 6.07) is 0. The lowest BCUT2D eigenvalue weighted by molar-refractivity contribution is -0.127. The van der Waals surface area contributed by atoms with E-state index in [4.69, 9.17) is 0 Å². The van der Waals surface area contributed by atoms with Gasteiger partial charge in [-0.25, -0.2) is 4.39 Å². The Balaban J connectivity index is -0.000000138. The number of nitrogens with two attached hydrogens (primary N) is 1. The second-order valence-corrected chi connectivity index (χ2v) is 1.84. The van der Waals surface area contributed by atoms with Gasteiger partial charge >= 0.3 is 0 Å². The van der Waals surface area contributed by atoms with Crippen LogP contribution >= 0.6 is 0 Å². The zero-order valence-corrected chi connectivity index (χ0v) is 8.36. The van der Waals surface area contributed by atoms with E-state index in [-0.39, 0.29) is 0 Å². The SMILES string of the molecule is CC.CC.CC(C)(F)C(N)=O. The van der Waals surface area contributed by atoms with Gasteiger partial charge in [0, 0.05) is 0 Å². The third-order valence-electron chi connectivity index (χ3n) is 0.586. The average molecular weight is 165 g/mol. The van der Waals surface area contributed by atoms with Gasteiger partial charge in [0.25, 0.3) is 5.91 Å². The molecule has 11 heavy (non-hydrogen) atoms. The van der Waals surface area contributed by atoms with Crippen LogP contribution in [-0.2, 0) is 4.79 Å². The molecule has 0 fully saturated rings. The number of halogens is 1. The highest BCUT2D eigenvalue weighted by molar-refractivity contribution is 5.82. The Bertz CT molecular complexity index is 86.6. The monoisotopic (exact) mass is 165 g/mol. The third-order valence-corrected chi connectivity index (χ3v) is 0.586. The van der Waals surface area contributed by atoms with E-state index in [1.807, 2.05) is 27.7 Å². The topological polar surface area (TPSA) is 43.1 Å². The quantitative estimate of drug-likeness (QED) is 0.636. The highest BCUT2D eigenvalue weighted by Gasteiger charge is 2.22. The Morgan fingerprint density at radius 1 is 1.18 bits per heavy atom. The van der Waals surface area contributed by atoms with Crippen LogP contribution in [0.1, 0.15) is 41.5 Å². The van der Waals surface area contributed by atoms with Gasteiger partial charge in [-0.3, -0.25) is 4.79 Å². The van der Waals surface area contributed by atoms with Crippen molar-refractivity contribution < 1.29 is 9.18 Å². The first kappa shape index (κ1) is 16.8. The van der Waals surface area contributed by atoms with Crippen molar-refractivity contribution in [2.45, 2.75) is 47.2 Å². The molecule has 0 heterocycles. The second-order valence-electron chi connectivity index (χ2n) is 1.84. The Morgan fingerprint density at radius 3 is 1.27 bits per heavy atom. The second kappa shape index (κ2) is 9.40. The molecule has 0 aliphatic heterocycles. The maximum Gasteiger partial charge on any atom is 0.254 e. The van der Waals surface area contributed by atoms with E-state index in [1.165, 1.54) is 0 Å². The molecule has 0 aromatic heterocycles. The largest absolute Gasteiger partial charge is 0.367 e. The lowest BCUT2D eigenvalue weighted by Crippen LogP contribution is -2.33. The van der Waals surface area contributed by atoms with E-state index in [1.54, 1.807) is 0 Å². The van der Waals surface area contributed by atoms with Gasteiger partial charge in [-0.15, -0.1) is 0 Å². The van der Waals surface area contributed by atoms with E-state index >= 15 is 0 Å². The molecule has 0 aromatic rings. The number of hydrogen-bond acceptors (Lipinski definition) is 1. The first-order valence-electron chi connectivity index (χ1n) is 3.93. The molecule has 0 rings (SSSR count). The molecule has 0 saturated heterocycles. The summed E-state index contributed by atoms with van der Waals surface area (Å²) in [6.07, 6.45) is 0. The van der Waals surface area contributed by atoms with Gasteiger partial charge in [-0.2, -0.15) is 0 Å². The minimum Gasteiger partial charge on any atom is -0.367 e. The molecule has 0 unspecified atom stereocenters. The molecular formula is C8H20FNO. The summed E-state index contributed by atoms with van der Waals surface area (Å²) in [5, 5.41) is 0. The predicted molar refractivity (Wildman–Crippen MR) is 47.1 cm³/mol. The van der Waals surface area contributed by atoms with Crippen molar-refractivity contribution in [2.24, 2.45) is 5.73 Å². The summed E-state index contributed by atoms with van der Waals surface area (Å²) >= 11 is 0. The molecule has 70 valence electrons. The lowest BCUT2D eigenvalue weighted by atomic mass is 10.2. The molecule has 0 aliphatic carbocycles. The Labute approximate surface area is 69.0 Å². The summed E-state index contributed by atoms with van der Waals surface area (Å²) in [7, 11) is 0. The maximum absolute atomic E-state index is 12.0. The molecule has 0 aliphatic rings. The maximum atomic E-state index is 12.0. The van der Waals surface area contributed by atoms with Gasteiger partial charge in [-0.05, 0) is 13.8 Å². The standard InChI is InChI=1S/C4H8FNO.2C2H6/c1-4(2,5)3(6)7;2*1-2/h1-2H3,(H2,6,7);2*1-2H3. The number of amides is 1. The lowest BCUT2D eigenvalue weighted by Gasteiger charge is -2.05. The number of carbonyl (C=O) groups is 1. The summed E-state index contributed by atoms with van der Waals surface area (Å²) in [5.41, 5.74) is 2.69. The van der Waals surface area contributed by atoms with Crippen LogP contribution in [0.3, 0.4) is 0 Å². The Morgan fingerprint density at radius 2 is 1.27 bits per heavy atom. The van der Waals surface area contributed by atoms with Crippen LogP contribution in [0, 0.1) is 0 Å². The van der Waals surface area contributed by atoms with Crippen LogP contribution in [0.2, 0.25) is 0 Å². The van der Waals surface area contributed by atoms with Crippen LogP contribution in [0.25, 0.3) is 0 Å². The van der Waals surface area contributed by atoms with Gasteiger partial charge in [0.2, 0.25) is 0 Å². The average Bonchev–Trinajstić information content (AvgIpc) is 1.95. The van der Waals surface area contributed by atoms with Crippen molar-refractivity contribution in [3.05, 3.63) is 0 Å². The number of rotatable bonds is 1. The van der Waals surface area contributed by atoms with Crippen LogP contribution in [-0.4, -0.2) is 11.6 Å². The van der Waals surface area contributed by atoms with E-state index < -0.39 is 11.6 Å². The van der Waals surface area contributed by atoms with Crippen LogP contribution in [0.4, 0.5) is 4.39 Å². The first-order valence-corrected chi connectivity index (χ1v) is 3.93. The van der Waals surface area contributed by atoms with Crippen LogP contribution in [0.15, 0.2) is 0 Å². The minimum absolute atomic E-state index is 0.924. The van der Waals surface area contributed by atoms with E-state index in [2.05, 4.69) is 5.73 Å². The Kier molecular flexibility index (Phi) is 14.3. The molecule has 0 atom stereocenters. The van der Waals surface area contributed by atoms with Crippen LogP contribution in [0.5, 0.6) is 0 Å². The number of carbonyl (C=O) groups excluding carboxylic acids is 1. The highest BCUT2D eigenvalue weighted by Crippen LogP contribution is 2.04. The predicted octanol–water partition coefficient (Wildman–Crippen LogP) is 2.27. The molecule has 0 saturated carbocycles. The molecule has 1 amide bonds. The van der Waals surface area contributed by atoms with Gasteiger partial charge < -0.3 is 5.73 Å². The van der Waals surface area contributed by atoms with Crippen molar-refractivity contribution in [1.29, 1.82) is 0 Å². The summed E-state index contributed by atoms with van der Waals surface area (Å²) in [4.78, 5) is 9.87. The van der Waals surface area contributed by atoms with Crippen molar-refractivity contribution in [3.63, 3.8) is 0 Å². The normalized spacial score (nSPS) is 8.27. The molecule has 0 bridgehead atoms. The fraction of sp³-hybridized carbons (Fsp3) is 0.875. The van der Waals surface area contributed by atoms with Crippen LogP contribution < -0.4 is 5.73 Å².